The highest BCUT2D eigenvalue weighted by Crippen LogP contribution is 2.40. The molecule has 1 N–H and O–H groups in total. The number of carbonyl (C=O) groups is 1. The molecular formula is C31H44FNO2. The molecule has 1 atom stereocenters. The molecule has 3 nitrogen and oxygen atoms in total. The van der Waals surface area contributed by atoms with Crippen molar-refractivity contribution in [1.29, 1.82) is 0 Å². The number of pyridine rings is 1. The third-order valence-corrected chi connectivity index (χ3v) is 7.69. The van der Waals surface area contributed by atoms with Crippen LogP contribution in [0.1, 0.15) is 114 Å². The summed E-state index contributed by atoms with van der Waals surface area (Å²) in [6.07, 6.45) is 13.2. The van der Waals surface area contributed by atoms with Crippen LogP contribution in [0.25, 0.3) is 11.3 Å². The van der Waals surface area contributed by atoms with Gasteiger partial charge in [-0.3, -0.25) is 9.78 Å². The van der Waals surface area contributed by atoms with Crippen molar-refractivity contribution in [1.82, 2.24) is 4.98 Å². The Morgan fingerprint density at radius 1 is 0.971 bits per heavy atom. The summed E-state index contributed by atoms with van der Waals surface area (Å²) in [6, 6.07) is 12.8. The number of unbranched alkanes of at least 4 members (excludes halogenated alkanes) is 6. The van der Waals surface area contributed by atoms with Crippen LogP contribution < -0.4 is 0 Å². The van der Waals surface area contributed by atoms with E-state index in [0.717, 1.165) is 24.1 Å². The fraction of sp³-hybridized carbons (Fsp3) is 0.613. The summed E-state index contributed by atoms with van der Waals surface area (Å²) in [6.45, 7) is 4.23. The van der Waals surface area contributed by atoms with Gasteiger partial charge in [-0.15, -0.1) is 0 Å². The third-order valence-electron chi connectivity index (χ3n) is 7.69. The second kappa shape index (κ2) is 13.9. The Morgan fingerprint density at radius 3 is 2.26 bits per heavy atom. The number of aryl methyl sites for hydroxylation is 1. The van der Waals surface area contributed by atoms with Crippen molar-refractivity contribution in [3.05, 3.63) is 53.7 Å². The molecule has 2 aromatic rings. The van der Waals surface area contributed by atoms with Crippen molar-refractivity contribution in [2.75, 3.05) is 0 Å². The van der Waals surface area contributed by atoms with Crippen LogP contribution in [0.2, 0.25) is 0 Å². The van der Waals surface area contributed by atoms with Gasteiger partial charge in [-0.25, -0.2) is 4.39 Å². The highest BCUT2D eigenvalue weighted by molar-refractivity contribution is 5.91. The Kier molecular flexibility index (Phi) is 10.9. The molecule has 0 saturated heterocycles. The van der Waals surface area contributed by atoms with Gasteiger partial charge < -0.3 is 5.11 Å². The van der Waals surface area contributed by atoms with E-state index in [1.54, 1.807) is 0 Å². The Labute approximate surface area is 211 Å². The molecule has 0 bridgehead atoms. The number of hydrogen-bond acceptors (Lipinski definition) is 3. The average molecular weight is 482 g/mol. The lowest BCUT2D eigenvalue weighted by Crippen LogP contribution is -2.46. The first-order chi connectivity index (χ1) is 17.0. The zero-order valence-corrected chi connectivity index (χ0v) is 21.8. The van der Waals surface area contributed by atoms with E-state index in [2.05, 4.69) is 48.3 Å². The van der Waals surface area contributed by atoms with Gasteiger partial charge in [0.15, 0.2) is 12.0 Å². The second-order valence-corrected chi connectivity index (χ2v) is 10.5. The van der Waals surface area contributed by atoms with E-state index in [0.29, 0.717) is 38.0 Å². The van der Waals surface area contributed by atoms with Crippen LogP contribution in [0, 0.1) is 0 Å². The molecule has 1 aliphatic rings. The van der Waals surface area contributed by atoms with E-state index >= 15 is 0 Å². The minimum atomic E-state index is -1.54. The molecule has 1 aliphatic carbocycles. The molecule has 1 fully saturated rings. The van der Waals surface area contributed by atoms with E-state index in [1.165, 1.54) is 49.7 Å². The predicted octanol–water partition coefficient (Wildman–Crippen LogP) is 8.14. The molecule has 192 valence electrons. The van der Waals surface area contributed by atoms with Crippen LogP contribution in [0.4, 0.5) is 4.39 Å². The molecule has 1 aromatic carbocycles. The van der Waals surface area contributed by atoms with Gasteiger partial charge in [-0.2, -0.15) is 0 Å². The van der Waals surface area contributed by atoms with Gasteiger partial charge >= 0.3 is 0 Å². The molecular weight excluding hydrogens is 437 g/mol. The lowest BCUT2D eigenvalue weighted by molar-refractivity contribution is -0.146. The Hall–Kier alpha value is -2.07. The van der Waals surface area contributed by atoms with Crippen molar-refractivity contribution < 1.29 is 14.3 Å². The minimum Gasteiger partial charge on any atom is -0.382 e. The number of alkyl halides is 1. The number of benzene rings is 1. The van der Waals surface area contributed by atoms with E-state index in [-0.39, 0.29) is 6.42 Å². The predicted molar refractivity (Wildman–Crippen MR) is 142 cm³/mol. The van der Waals surface area contributed by atoms with Gasteiger partial charge in [0.2, 0.25) is 0 Å². The smallest absolute Gasteiger partial charge is 0.198 e. The number of ketones is 1. The van der Waals surface area contributed by atoms with E-state index in [1.807, 2.05) is 13.1 Å². The second-order valence-electron chi connectivity index (χ2n) is 10.5. The molecule has 0 spiro atoms. The largest absolute Gasteiger partial charge is 0.382 e. The van der Waals surface area contributed by atoms with Crippen molar-refractivity contribution in [3.63, 3.8) is 0 Å². The van der Waals surface area contributed by atoms with Crippen LogP contribution >= 0.6 is 0 Å². The van der Waals surface area contributed by atoms with Gasteiger partial charge in [-0.05, 0) is 68.1 Å². The van der Waals surface area contributed by atoms with Crippen molar-refractivity contribution in [2.24, 2.45) is 0 Å². The number of nitrogens with zero attached hydrogens (tertiary/aromatic N) is 1. The molecule has 4 heteroatoms. The fourth-order valence-electron chi connectivity index (χ4n) is 5.26. The third kappa shape index (κ3) is 7.96. The zero-order valence-electron chi connectivity index (χ0n) is 21.8. The standard InChI is InChI=1S/C31H44FNO2/c1-3-5-7-8-9-10-11-24-13-18-29(33-23-24)27-16-14-25(15-17-27)26-19-21-31(35,22-20-26)30(34)28(32)12-6-4-2/h13-18,23,26,28,35H,3-12,19-22H2,1-2H3/t26?,28-,31?/m0/s1. The molecule has 35 heavy (non-hydrogen) atoms. The number of halogens is 1. The molecule has 1 heterocycles. The topological polar surface area (TPSA) is 50.2 Å². The van der Waals surface area contributed by atoms with E-state index in [4.69, 9.17) is 0 Å². The number of aromatic nitrogens is 1. The van der Waals surface area contributed by atoms with Crippen LogP contribution in [0.15, 0.2) is 42.6 Å². The number of hydrogen-bond donors (Lipinski definition) is 1. The number of rotatable bonds is 14. The quantitative estimate of drug-likeness (QED) is 0.277. The summed E-state index contributed by atoms with van der Waals surface area (Å²) < 4.78 is 14.3. The highest BCUT2D eigenvalue weighted by Gasteiger charge is 2.43. The Morgan fingerprint density at radius 2 is 1.63 bits per heavy atom. The van der Waals surface area contributed by atoms with Crippen molar-refractivity contribution in [2.45, 2.75) is 121 Å². The van der Waals surface area contributed by atoms with Gasteiger partial charge in [0.05, 0.1) is 5.69 Å². The van der Waals surface area contributed by atoms with E-state index in [9.17, 15) is 14.3 Å². The highest BCUT2D eigenvalue weighted by atomic mass is 19.1. The van der Waals surface area contributed by atoms with Gasteiger partial charge in [0.25, 0.3) is 0 Å². The maximum absolute atomic E-state index is 14.3. The molecule has 0 unspecified atom stereocenters. The zero-order chi connectivity index (χ0) is 25.1. The molecule has 0 aliphatic heterocycles. The van der Waals surface area contributed by atoms with Crippen molar-refractivity contribution in [3.8, 4) is 11.3 Å². The summed E-state index contributed by atoms with van der Waals surface area (Å²) in [5.74, 6) is -0.316. The van der Waals surface area contributed by atoms with Crippen LogP contribution in [0.5, 0.6) is 0 Å². The molecule has 3 rings (SSSR count). The molecule has 1 aromatic heterocycles. The van der Waals surface area contributed by atoms with E-state index < -0.39 is 17.6 Å². The lowest BCUT2D eigenvalue weighted by atomic mass is 9.73. The number of Topliss-reactive ketones (excluding diaryl/α,β-unsaturated/α-hetero) is 1. The first-order valence-corrected chi connectivity index (χ1v) is 13.9. The summed E-state index contributed by atoms with van der Waals surface area (Å²) in [4.78, 5) is 17.2. The summed E-state index contributed by atoms with van der Waals surface area (Å²) >= 11 is 0. The normalized spacial score (nSPS) is 21.1. The lowest BCUT2D eigenvalue weighted by Gasteiger charge is -2.35. The average Bonchev–Trinajstić information content (AvgIpc) is 2.90. The van der Waals surface area contributed by atoms with Crippen LogP contribution in [-0.4, -0.2) is 27.6 Å². The van der Waals surface area contributed by atoms with Crippen LogP contribution in [-0.2, 0) is 11.2 Å². The Balaban J connectivity index is 1.49. The summed E-state index contributed by atoms with van der Waals surface area (Å²) in [7, 11) is 0. The minimum absolute atomic E-state index is 0.219. The maximum atomic E-state index is 14.3. The fourth-order valence-corrected chi connectivity index (χ4v) is 5.26. The molecule has 0 radical (unpaired) electrons. The first kappa shape index (κ1) is 27.5. The maximum Gasteiger partial charge on any atom is 0.198 e. The van der Waals surface area contributed by atoms with Gasteiger partial charge in [-0.1, -0.05) is 89.1 Å². The molecule has 1 saturated carbocycles. The van der Waals surface area contributed by atoms with Gasteiger partial charge in [0, 0.05) is 11.8 Å². The number of aliphatic hydroxyl groups is 1. The summed E-state index contributed by atoms with van der Waals surface area (Å²) in [5, 5.41) is 10.8. The first-order valence-electron chi connectivity index (χ1n) is 13.9. The SMILES string of the molecule is CCCCCCCCc1ccc(-c2ccc(C3CCC(O)(C(=O)[C@@H](F)CCCC)CC3)cc2)nc1. The molecule has 0 amide bonds. The summed E-state index contributed by atoms with van der Waals surface area (Å²) in [5.41, 5.74) is 3.10. The van der Waals surface area contributed by atoms with Gasteiger partial charge in [0.1, 0.15) is 5.60 Å². The monoisotopic (exact) mass is 481 g/mol. The van der Waals surface area contributed by atoms with Crippen molar-refractivity contribution >= 4 is 5.78 Å². The van der Waals surface area contributed by atoms with Crippen LogP contribution in [0.3, 0.4) is 0 Å². The number of carbonyl (C=O) groups excluding carboxylic acids is 1. The Bertz CT molecular complexity index is 885.